The second-order valence-electron chi connectivity index (χ2n) is 4.08. The molecule has 0 aliphatic rings. The van der Waals surface area contributed by atoms with Gasteiger partial charge in [-0.3, -0.25) is 0 Å². The minimum atomic E-state index is -0.533. The first kappa shape index (κ1) is 12.6. The van der Waals surface area contributed by atoms with Crippen LogP contribution in [-0.2, 0) is 0 Å². The molecule has 2 aromatic carbocycles. The van der Waals surface area contributed by atoms with Gasteiger partial charge in [0.25, 0.3) is 0 Å². The van der Waals surface area contributed by atoms with E-state index in [9.17, 15) is 5.11 Å². The SMILES string of the molecule is NCCC(O)c1cccc(Oc2ccccc2)c1. The molecule has 0 aliphatic heterocycles. The summed E-state index contributed by atoms with van der Waals surface area (Å²) in [6, 6.07) is 17.0. The van der Waals surface area contributed by atoms with Crippen LogP contribution in [0.25, 0.3) is 0 Å². The smallest absolute Gasteiger partial charge is 0.127 e. The monoisotopic (exact) mass is 243 g/mol. The summed E-state index contributed by atoms with van der Waals surface area (Å²) in [7, 11) is 0. The maximum atomic E-state index is 9.88. The lowest BCUT2D eigenvalue weighted by atomic mass is 10.1. The molecule has 2 rings (SSSR count). The zero-order chi connectivity index (χ0) is 12.8. The van der Waals surface area contributed by atoms with Crippen molar-refractivity contribution in [2.75, 3.05) is 6.54 Å². The molecule has 1 atom stereocenters. The number of rotatable bonds is 5. The summed E-state index contributed by atoms with van der Waals surface area (Å²) >= 11 is 0. The predicted molar refractivity (Wildman–Crippen MR) is 71.6 cm³/mol. The van der Waals surface area contributed by atoms with Crippen molar-refractivity contribution in [3.05, 3.63) is 60.2 Å². The van der Waals surface area contributed by atoms with Gasteiger partial charge in [0.15, 0.2) is 0 Å². The Labute approximate surface area is 107 Å². The van der Waals surface area contributed by atoms with Crippen LogP contribution in [0.5, 0.6) is 11.5 Å². The zero-order valence-corrected chi connectivity index (χ0v) is 10.1. The Balaban J connectivity index is 2.12. The van der Waals surface area contributed by atoms with Crippen molar-refractivity contribution in [2.45, 2.75) is 12.5 Å². The Morgan fingerprint density at radius 2 is 1.72 bits per heavy atom. The van der Waals surface area contributed by atoms with Crippen molar-refractivity contribution in [3.8, 4) is 11.5 Å². The Morgan fingerprint density at radius 1 is 1.00 bits per heavy atom. The van der Waals surface area contributed by atoms with Gasteiger partial charge in [0, 0.05) is 0 Å². The van der Waals surface area contributed by atoms with Crippen molar-refractivity contribution < 1.29 is 9.84 Å². The molecular formula is C15H17NO2. The van der Waals surface area contributed by atoms with E-state index in [0.29, 0.717) is 13.0 Å². The van der Waals surface area contributed by atoms with Crippen molar-refractivity contribution in [1.82, 2.24) is 0 Å². The number of para-hydroxylation sites is 1. The minimum Gasteiger partial charge on any atom is -0.457 e. The van der Waals surface area contributed by atoms with E-state index < -0.39 is 6.10 Å². The van der Waals surface area contributed by atoms with Gasteiger partial charge in [-0.25, -0.2) is 0 Å². The molecule has 0 saturated heterocycles. The Hall–Kier alpha value is -1.84. The molecule has 0 heterocycles. The van der Waals surface area contributed by atoms with Crippen LogP contribution in [-0.4, -0.2) is 11.7 Å². The summed E-state index contributed by atoms with van der Waals surface area (Å²) in [6.45, 7) is 0.463. The second kappa shape index (κ2) is 6.19. The van der Waals surface area contributed by atoms with Crippen LogP contribution in [0.4, 0.5) is 0 Å². The van der Waals surface area contributed by atoms with Crippen LogP contribution in [0.3, 0.4) is 0 Å². The van der Waals surface area contributed by atoms with Crippen molar-refractivity contribution in [1.29, 1.82) is 0 Å². The van der Waals surface area contributed by atoms with E-state index in [4.69, 9.17) is 10.5 Å². The van der Waals surface area contributed by atoms with Crippen LogP contribution < -0.4 is 10.5 Å². The molecule has 2 aromatic rings. The van der Waals surface area contributed by atoms with Gasteiger partial charge in [-0.15, -0.1) is 0 Å². The average molecular weight is 243 g/mol. The van der Waals surface area contributed by atoms with E-state index in [2.05, 4.69) is 0 Å². The molecule has 0 bridgehead atoms. The van der Waals surface area contributed by atoms with E-state index in [-0.39, 0.29) is 0 Å². The highest BCUT2D eigenvalue weighted by Gasteiger charge is 2.07. The van der Waals surface area contributed by atoms with Crippen LogP contribution in [0.1, 0.15) is 18.1 Å². The highest BCUT2D eigenvalue weighted by atomic mass is 16.5. The van der Waals surface area contributed by atoms with Gasteiger partial charge in [0.1, 0.15) is 11.5 Å². The molecule has 3 nitrogen and oxygen atoms in total. The van der Waals surface area contributed by atoms with Crippen LogP contribution in [0.2, 0.25) is 0 Å². The lowest BCUT2D eigenvalue weighted by Gasteiger charge is -2.11. The lowest BCUT2D eigenvalue weighted by molar-refractivity contribution is 0.170. The molecule has 0 aliphatic carbocycles. The van der Waals surface area contributed by atoms with Crippen molar-refractivity contribution >= 4 is 0 Å². The molecule has 0 saturated carbocycles. The minimum absolute atomic E-state index is 0.463. The first-order valence-corrected chi connectivity index (χ1v) is 6.00. The molecule has 0 aromatic heterocycles. The molecule has 94 valence electrons. The first-order valence-electron chi connectivity index (χ1n) is 6.00. The van der Waals surface area contributed by atoms with E-state index >= 15 is 0 Å². The van der Waals surface area contributed by atoms with E-state index in [0.717, 1.165) is 17.1 Å². The Morgan fingerprint density at radius 3 is 2.44 bits per heavy atom. The number of hydrogen-bond acceptors (Lipinski definition) is 3. The summed E-state index contributed by atoms with van der Waals surface area (Å²) in [5.74, 6) is 1.50. The van der Waals surface area contributed by atoms with Gasteiger partial charge in [-0.2, -0.15) is 0 Å². The Bertz CT molecular complexity index is 485. The number of hydrogen-bond donors (Lipinski definition) is 2. The number of benzene rings is 2. The molecule has 3 N–H and O–H groups in total. The standard InChI is InChI=1S/C15H17NO2/c16-10-9-15(17)12-5-4-8-14(11-12)18-13-6-2-1-3-7-13/h1-8,11,15,17H,9-10,16H2. The third-order valence-electron chi connectivity index (χ3n) is 2.66. The maximum Gasteiger partial charge on any atom is 0.127 e. The summed E-state index contributed by atoms with van der Waals surface area (Å²) < 4.78 is 5.70. The molecule has 1 unspecified atom stereocenters. The van der Waals surface area contributed by atoms with Crippen LogP contribution in [0, 0.1) is 0 Å². The highest BCUT2D eigenvalue weighted by Crippen LogP contribution is 2.25. The normalized spacial score (nSPS) is 12.1. The van der Waals surface area contributed by atoms with E-state index in [1.165, 1.54) is 0 Å². The van der Waals surface area contributed by atoms with Gasteiger partial charge in [-0.1, -0.05) is 30.3 Å². The molecule has 0 radical (unpaired) electrons. The highest BCUT2D eigenvalue weighted by molar-refractivity contribution is 5.34. The maximum absolute atomic E-state index is 9.88. The predicted octanol–water partition coefficient (Wildman–Crippen LogP) is 2.86. The topological polar surface area (TPSA) is 55.5 Å². The van der Waals surface area contributed by atoms with Gasteiger partial charge in [0.05, 0.1) is 6.10 Å². The van der Waals surface area contributed by atoms with E-state index in [1.54, 1.807) is 0 Å². The third-order valence-corrected chi connectivity index (χ3v) is 2.66. The summed E-state index contributed by atoms with van der Waals surface area (Å²) in [5, 5.41) is 9.88. The van der Waals surface area contributed by atoms with Gasteiger partial charge < -0.3 is 15.6 Å². The van der Waals surface area contributed by atoms with Crippen LogP contribution in [0.15, 0.2) is 54.6 Å². The summed E-state index contributed by atoms with van der Waals surface area (Å²) in [5.41, 5.74) is 6.26. The summed E-state index contributed by atoms with van der Waals surface area (Å²) in [4.78, 5) is 0. The molecule has 3 heteroatoms. The molecule has 18 heavy (non-hydrogen) atoms. The largest absolute Gasteiger partial charge is 0.457 e. The second-order valence-corrected chi connectivity index (χ2v) is 4.08. The molecule has 0 spiro atoms. The third kappa shape index (κ3) is 3.32. The Kier molecular flexibility index (Phi) is 4.34. The van der Waals surface area contributed by atoms with Gasteiger partial charge >= 0.3 is 0 Å². The molecule has 0 fully saturated rings. The number of aliphatic hydroxyl groups is 1. The van der Waals surface area contributed by atoms with Gasteiger partial charge in [-0.05, 0) is 42.8 Å². The summed E-state index contributed by atoms with van der Waals surface area (Å²) in [6.07, 6.45) is 0.0174. The fourth-order valence-electron chi connectivity index (χ4n) is 1.73. The average Bonchev–Trinajstić information content (AvgIpc) is 2.40. The quantitative estimate of drug-likeness (QED) is 0.849. The molecule has 0 amide bonds. The van der Waals surface area contributed by atoms with E-state index in [1.807, 2.05) is 54.6 Å². The van der Waals surface area contributed by atoms with Crippen molar-refractivity contribution in [3.63, 3.8) is 0 Å². The molecular weight excluding hydrogens is 226 g/mol. The number of aliphatic hydroxyl groups excluding tert-OH is 1. The number of ether oxygens (including phenoxy) is 1. The fraction of sp³-hybridized carbons (Fsp3) is 0.200. The van der Waals surface area contributed by atoms with Gasteiger partial charge in [0.2, 0.25) is 0 Å². The van der Waals surface area contributed by atoms with Crippen LogP contribution >= 0.6 is 0 Å². The van der Waals surface area contributed by atoms with Crippen molar-refractivity contribution in [2.24, 2.45) is 5.73 Å². The zero-order valence-electron chi connectivity index (χ0n) is 10.1. The first-order chi connectivity index (χ1) is 8.79. The fourth-order valence-corrected chi connectivity index (χ4v) is 1.73. The number of nitrogens with two attached hydrogens (primary N) is 1. The lowest BCUT2D eigenvalue weighted by Crippen LogP contribution is -2.06.